The first-order valence-electron chi connectivity index (χ1n) is 9.12. The van der Waals surface area contributed by atoms with Gasteiger partial charge in [0, 0.05) is 31.5 Å². The van der Waals surface area contributed by atoms with Crippen LogP contribution in [0, 0.1) is 0 Å². The Balaban J connectivity index is 1.70. The van der Waals surface area contributed by atoms with Crippen LogP contribution in [-0.2, 0) is 15.8 Å². The predicted octanol–water partition coefficient (Wildman–Crippen LogP) is 4.22. The molecule has 1 aliphatic rings. The maximum Gasteiger partial charge on any atom is 0.244 e. The minimum absolute atomic E-state index is 0.208. The molecule has 0 saturated carbocycles. The standard InChI is InChI=1S/C19H23ClN2O4S2/c1-3-22(4-2)28(23,24)15-6-7-18(21-12-15)27-13-14-10-16(20)19-17(11-14)25-8-5-9-26-19/h6-7,10-12H,3-5,8-9,13H2,1-2H3. The monoisotopic (exact) mass is 442 g/mol. The highest BCUT2D eigenvalue weighted by atomic mass is 35.5. The van der Waals surface area contributed by atoms with Gasteiger partial charge in [0.2, 0.25) is 10.0 Å². The SMILES string of the molecule is CCN(CC)S(=O)(=O)c1ccc(SCc2cc(Cl)c3c(c2)OCCCO3)nc1. The Morgan fingerprint density at radius 2 is 1.93 bits per heavy atom. The van der Waals surface area contributed by atoms with E-state index in [9.17, 15) is 8.42 Å². The number of hydrogen-bond donors (Lipinski definition) is 0. The number of pyridine rings is 1. The number of benzene rings is 1. The summed E-state index contributed by atoms with van der Waals surface area (Å²) in [5.74, 6) is 1.89. The lowest BCUT2D eigenvalue weighted by molar-refractivity contribution is 0.297. The van der Waals surface area contributed by atoms with E-state index in [0.717, 1.165) is 17.0 Å². The summed E-state index contributed by atoms with van der Waals surface area (Å²) in [6, 6.07) is 7.12. The fourth-order valence-electron chi connectivity index (χ4n) is 2.84. The van der Waals surface area contributed by atoms with Crippen molar-refractivity contribution in [3.05, 3.63) is 41.0 Å². The number of ether oxygens (including phenoxy) is 2. The van der Waals surface area contributed by atoms with Crippen LogP contribution < -0.4 is 9.47 Å². The molecule has 1 aromatic carbocycles. The molecule has 152 valence electrons. The average Bonchev–Trinajstić information content (AvgIpc) is 2.93. The molecule has 0 bridgehead atoms. The third-order valence-electron chi connectivity index (χ3n) is 4.30. The minimum atomic E-state index is -3.49. The molecular formula is C19H23ClN2O4S2. The summed E-state index contributed by atoms with van der Waals surface area (Å²) in [4.78, 5) is 4.51. The summed E-state index contributed by atoms with van der Waals surface area (Å²) in [5.41, 5.74) is 0.987. The largest absolute Gasteiger partial charge is 0.489 e. The number of rotatable bonds is 7. The van der Waals surface area contributed by atoms with Crippen molar-refractivity contribution in [1.29, 1.82) is 0 Å². The zero-order chi connectivity index (χ0) is 20.1. The van der Waals surface area contributed by atoms with Gasteiger partial charge in [-0.25, -0.2) is 13.4 Å². The van der Waals surface area contributed by atoms with E-state index in [1.165, 1.54) is 22.3 Å². The molecule has 0 fully saturated rings. The number of aromatic nitrogens is 1. The average molecular weight is 443 g/mol. The van der Waals surface area contributed by atoms with Crippen LogP contribution in [0.4, 0.5) is 0 Å². The molecule has 1 aromatic heterocycles. The second-order valence-corrected chi connectivity index (χ2v) is 9.51. The van der Waals surface area contributed by atoms with Crippen molar-refractivity contribution in [3.63, 3.8) is 0 Å². The Hall–Kier alpha value is -1.48. The lowest BCUT2D eigenvalue weighted by atomic mass is 10.2. The van der Waals surface area contributed by atoms with E-state index in [4.69, 9.17) is 21.1 Å². The highest BCUT2D eigenvalue weighted by molar-refractivity contribution is 7.98. The lowest BCUT2D eigenvalue weighted by Gasteiger charge is -2.18. The van der Waals surface area contributed by atoms with Crippen molar-refractivity contribution in [2.24, 2.45) is 0 Å². The van der Waals surface area contributed by atoms with Crippen LogP contribution >= 0.6 is 23.4 Å². The summed E-state index contributed by atoms with van der Waals surface area (Å²) in [5, 5.41) is 1.27. The Kier molecular flexibility index (Phi) is 7.09. The van der Waals surface area contributed by atoms with E-state index in [-0.39, 0.29) is 4.90 Å². The molecule has 0 atom stereocenters. The lowest BCUT2D eigenvalue weighted by Crippen LogP contribution is -2.30. The van der Waals surface area contributed by atoms with Crippen molar-refractivity contribution in [2.45, 2.75) is 35.9 Å². The van der Waals surface area contributed by atoms with Crippen molar-refractivity contribution >= 4 is 33.4 Å². The van der Waals surface area contributed by atoms with E-state index in [1.54, 1.807) is 12.1 Å². The molecule has 9 heteroatoms. The van der Waals surface area contributed by atoms with Gasteiger partial charge in [0.15, 0.2) is 11.5 Å². The van der Waals surface area contributed by atoms with Crippen LogP contribution in [0.2, 0.25) is 5.02 Å². The summed E-state index contributed by atoms with van der Waals surface area (Å²) >= 11 is 7.83. The van der Waals surface area contributed by atoms with Crippen LogP contribution in [-0.4, -0.2) is 44.0 Å². The topological polar surface area (TPSA) is 68.7 Å². The number of halogens is 1. The van der Waals surface area contributed by atoms with Crippen molar-refractivity contribution < 1.29 is 17.9 Å². The Morgan fingerprint density at radius 1 is 1.18 bits per heavy atom. The van der Waals surface area contributed by atoms with Gasteiger partial charge in [-0.05, 0) is 29.8 Å². The fourth-order valence-corrected chi connectivity index (χ4v) is 5.31. The van der Waals surface area contributed by atoms with Gasteiger partial charge < -0.3 is 9.47 Å². The quantitative estimate of drug-likeness (QED) is 0.598. The molecule has 1 aliphatic heterocycles. The fraction of sp³-hybridized carbons (Fsp3) is 0.421. The first-order chi connectivity index (χ1) is 13.5. The molecule has 2 aromatic rings. The minimum Gasteiger partial charge on any atom is -0.489 e. The molecular weight excluding hydrogens is 420 g/mol. The summed E-state index contributed by atoms with van der Waals surface area (Å²) in [6.07, 6.45) is 2.23. The Morgan fingerprint density at radius 3 is 2.61 bits per heavy atom. The smallest absolute Gasteiger partial charge is 0.244 e. The first-order valence-corrected chi connectivity index (χ1v) is 11.9. The second kappa shape index (κ2) is 9.35. The maximum absolute atomic E-state index is 12.5. The van der Waals surface area contributed by atoms with Crippen LogP contribution in [0.25, 0.3) is 0 Å². The Labute approximate surface area is 175 Å². The highest BCUT2D eigenvalue weighted by Crippen LogP contribution is 2.39. The molecule has 0 saturated heterocycles. The summed E-state index contributed by atoms with van der Waals surface area (Å²) < 4.78 is 37.8. The van der Waals surface area contributed by atoms with Crippen molar-refractivity contribution in [1.82, 2.24) is 9.29 Å². The van der Waals surface area contributed by atoms with E-state index >= 15 is 0 Å². The van der Waals surface area contributed by atoms with E-state index < -0.39 is 10.0 Å². The third kappa shape index (κ3) is 4.74. The second-order valence-electron chi connectivity index (χ2n) is 6.17. The summed E-state index contributed by atoms with van der Waals surface area (Å²) in [6.45, 7) is 5.69. The molecule has 0 spiro atoms. The van der Waals surface area contributed by atoms with E-state index in [1.807, 2.05) is 26.0 Å². The molecule has 0 amide bonds. The summed E-state index contributed by atoms with van der Waals surface area (Å²) in [7, 11) is -3.49. The van der Waals surface area contributed by atoms with Gasteiger partial charge in [0.1, 0.15) is 4.90 Å². The van der Waals surface area contributed by atoms with E-state index in [2.05, 4.69) is 4.98 Å². The zero-order valence-corrected chi connectivity index (χ0v) is 18.2. The van der Waals surface area contributed by atoms with Crippen molar-refractivity contribution in [3.8, 4) is 11.5 Å². The number of sulfonamides is 1. The van der Waals surface area contributed by atoms with Crippen LogP contribution in [0.15, 0.2) is 40.4 Å². The van der Waals surface area contributed by atoms with Gasteiger partial charge in [-0.2, -0.15) is 4.31 Å². The van der Waals surface area contributed by atoms with E-state index in [0.29, 0.717) is 48.6 Å². The number of fused-ring (bicyclic) bond motifs is 1. The third-order valence-corrected chi connectivity index (χ3v) is 7.63. The molecule has 2 heterocycles. The zero-order valence-electron chi connectivity index (χ0n) is 15.9. The molecule has 0 radical (unpaired) electrons. The normalized spacial score (nSPS) is 14.1. The van der Waals surface area contributed by atoms with Gasteiger partial charge >= 0.3 is 0 Å². The van der Waals surface area contributed by atoms with Crippen LogP contribution in [0.5, 0.6) is 11.5 Å². The molecule has 3 rings (SSSR count). The maximum atomic E-state index is 12.5. The predicted molar refractivity (Wildman–Crippen MR) is 111 cm³/mol. The van der Waals surface area contributed by atoms with Crippen molar-refractivity contribution in [2.75, 3.05) is 26.3 Å². The number of nitrogens with zero attached hydrogens (tertiary/aromatic N) is 2. The van der Waals surface area contributed by atoms with Gasteiger partial charge in [0.25, 0.3) is 0 Å². The first kappa shape index (κ1) is 21.2. The number of hydrogen-bond acceptors (Lipinski definition) is 6. The molecule has 0 unspecified atom stereocenters. The van der Waals surface area contributed by atoms with Gasteiger partial charge in [-0.15, -0.1) is 11.8 Å². The molecule has 28 heavy (non-hydrogen) atoms. The molecule has 0 N–H and O–H groups in total. The number of thioether (sulfide) groups is 1. The Bertz CT molecular complexity index is 916. The van der Waals surface area contributed by atoms with Gasteiger partial charge in [0.05, 0.1) is 23.3 Å². The van der Waals surface area contributed by atoms with Crippen LogP contribution in [0.3, 0.4) is 0 Å². The highest BCUT2D eigenvalue weighted by Gasteiger charge is 2.22. The molecule has 6 nitrogen and oxygen atoms in total. The van der Waals surface area contributed by atoms with Gasteiger partial charge in [-0.3, -0.25) is 0 Å². The molecule has 0 aliphatic carbocycles. The van der Waals surface area contributed by atoms with Gasteiger partial charge in [-0.1, -0.05) is 25.4 Å². The van der Waals surface area contributed by atoms with Crippen LogP contribution in [0.1, 0.15) is 25.8 Å².